The van der Waals surface area contributed by atoms with E-state index < -0.39 is 0 Å². The summed E-state index contributed by atoms with van der Waals surface area (Å²) >= 11 is 1.89. The fraction of sp³-hybridized carbons (Fsp3) is 0. The molecule has 0 spiro atoms. The van der Waals surface area contributed by atoms with Gasteiger partial charge in [-0.15, -0.1) is 11.3 Å². The van der Waals surface area contributed by atoms with Crippen molar-refractivity contribution in [3.8, 4) is 22.8 Å². The number of thiophene rings is 1. The minimum absolute atomic E-state index is 0.821. The van der Waals surface area contributed by atoms with Gasteiger partial charge in [-0.2, -0.15) is 0 Å². The van der Waals surface area contributed by atoms with Gasteiger partial charge >= 0.3 is 0 Å². The molecule has 0 unspecified atom stereocenters. The summed E-state index contributed by atoms with van der Waals surface area (Å²) in [7, 11) is 0. The van der Waals surface area contributed by atoms with Gasteiger partial charge in [0.2, 0.25) is 0 Å². The Morgan fingerprint density at radius 2 is 0.936 bits per heavy atom. The predicted octanol–water partition coefficient (Wildman–Crippen LogP) is 11.3. The van der Waals surface area contributed by atoms with Crippen LogP contribution >= 0.6 is 11.3 Å². The number of nitrogens with zero attached hydrogens (tertiary/aromatic N) is 4. The summed E-state index contributed by atoms with van der Waals surface area (Å²) in [4.78, 5) is 10.9. The summed E-state index contributed by atoms with van der Waals surface area (Å²) in [6, 6.07) is 48.2. The Morgan fingerprint density at radius 3 is 1.66 bits per heavy atom. The van der Waals surface area contributed by atoms with Crippen LogP contribution in [0, 0.1) is 0 Å². The first-order chi connectivity index (χ1) is 23.3. The van der Waals surface area contributed by atoms with Crippen LogP contribution < -0.4 is 0 Å². The number of hydrogen-bond donors (Lipinski definition) is 0. The lowest BCUT2D eigenvalue weighted by molar-refractivity contribution is 0.996. The number of rotatable bonds is 2. The molecule has 1 aliphatic rings. The summed E-state index contributed by atoms with van der Waals surface area (Å²) < 4.78 is 7.34. The van der Waals surface area contributed by atoms with Crippen LogP contribution in [0.25, 0.3) is 108 Å². The van der Waals surface area contributed by atoms with Gasteiger partial charge in [-0.25, -0.2) is 9.97 Å². The zero-order valence-electron chi connectivity index (χ0n) is 24.9. The van der Waals surface area contributed by atoms with Crippen LogP contribution in [0.5, 0.6) is 0 Å². The number of benzene rings is 7. The molecular weight excluding hydrogens is 593 g/mol. The maximum atomic E-state index is 5.49. The summed E-state index contributed by atoms with van der Waals surface area (Å²) in [5, 5.41) is 10.3. The average molecular weight is 615 g/mol. The second-order valence-corrected chi connectivity index (χ2v) is 13.6. The standard InChI is InChI=1S/C42H22N4S/c1-5-16-30-24(10-1)25-11-2-6-17-31(25)45(30)41-42(44-29-15-4-3-14-28(29)43-41)46-32-20-19-23-9-7-12-26-27-13-8-18-34-37(27)40-35(47-34)22-21-33(46)39(40)38(32)36(23)26/h1-22H. The quantitative estimate of drug-likeness (QED) is 0.194. The molecule has 0 bridgehead atoms. The smallest absolute Gasteiger partial charge is 0.182 e. The van der Waals surface area contributed by atoms with Crippen LogP contribution in [0.15, 0.2) is 133 Å². The van der Waals surface area contributed by atoms with Crippen LogP contribution in [0.2, 0.25) is 0 Å². The highest BCUT2D eigenvalue weighted by Gasteiger charge is 2.28. The van der Waals surface area contributed by atoms with Gasteiger partial charge < -0.3 is 0 Å². The molecule has 0 saturated carbocycles. The summed E-state index contributed by atoms with van der Waals surface area (Å²) in [6.07, 6.45) is 0. The third-order valence-electron chi connectivity index (χ3n) is 10.2. The zero-order valence-corrected chi connectivity index (χ0v) is 25.7. The SMILES string of the molecule is c1cc2c3c(c1)ccc1c3c3c4c(ccc3n1-c1nc3ccccc3nc1-n1c3ccccc3c3ccccc31)sc1cccc-2c14. The molecule has 1 aliphatic carbocycles. The van der Waals surface area contributed by atoms with Crippen molar-refractivity contribution in [1.82, 2.24) is 19.1 Å². The highest BCUT2D eigenvalue weighted by molar-refractivity contribution is 7.26. The van der Waals surface area contributed by atoms with Crippen molar-refractivity contribution in [3.05, 3.63) is 133 Å². The first-order valence-corrected chi connectivity index (χ1v) is 16.8. The van der Waals surface area contributed by atoms with Gasteiger partial charge in [-0.3, -0.25) is 9.13 Å². The Balaban J connectivity index is 1.35. The molecule has 7 aromatic carbocycles. The summed E-state index contributed by atoms with van der Waals surface area (Å²) in [5.74, 6) is 1.65. The Labute approximate surface area is 271 Å². The van der Waals surface area contributed by atoms with Crippen LogP contribution in [-0.4, -0.2) is 19.1 Å². The van der Waals surface area contributed by atoms with Gasteiger partial charge in [0.25, 0.3) is 0 Å². The van der Waals surface area contributed by atoms with Crippen molar-refractivity contribution >= 4 is 96.9 Å². The van der Waals surface area contributed by atoms with E-state index in [1.165, 1.54) is 63.6 Å². The number of para-hydroxylation sites is 4. The maximum Gasteiger partial charge on any atom is 0.182 e. The summed E-state index contributed by atoms with van der Waals surface area (Å²) in [6.45, 7) is 0. The van der Waals surface area contributed by atoms with E-state index in [0.29, 0.717) is 0 Å². The molecule has 12 rings (SSSR count). The van der Waals surface area contributed by atoms with E-state index in [4.69, 9.17) is 9.97 Å². The minimum Gasteiger partial charge on any atom is -0.291 e. The lowest BCUT2D eigenvalue weighted by Crippen LogP contribution is -2.09. The first kappa shape index (κ1) is 24.2. The van der Waals surface area contributed by atoms with Crippen LogP contribution in [-0.2, 0) is 0 Å². The van der Waals surface area contributed by atoms with E-state index in [-0.39, 0.29) is 0 Å². The molecule has 216 valence electrons. The van der Waals surface area contributed by atoms with Gasteiger partial charge in [0.15, 0.2) is 11.6 Å². The number of fused-ring (bicyclic) bond motifs is 5. The largest absolute Gasteiger partial charge is 0.291 e. The molecule has 0 amide bonds. The van der Waals surface area contributed by atoms with E-state index in [2.05, 4.69) is 130 Å². The van der Waals surface area contributed by atoms with Crippen molar-refractivity contribution in [2.24, 2.45) is 0 Å². The number of hydrogen-bond acceptors (Lipinski definition) is 3. The second kappa shape index (κ2) is 8.40. The van der Waals surface area contributed by atoms with Crippen molar-refractivity contribution in [2.45, 2.75) is 0 Å². The van der Waals surface area contributed by atoms with E-state index in [9.17, 15) is 0 Å². The van der Waals surface area contributed by atoms with E-state index in [1.54, 1.807) is 0 Å². The van der Waals surface area contributed by atoms with E-state index >= 15 is 0 Å². The number of aromatic nitrogens is 4. The molecule has 0 saturated heterocycles. The van der Waals surface area contributed by atoms with Crippen LogP contribution in [0.3, 0.4) is 0 Å². The highest BCUT2D eigenvalue weighted by Crippen LogP contribution is 2.52. The maximum absolute atomic E-state index is 5.49. The molecule has 5 heteroatoms. The van der Waals surface area contributed by atoms with Crippen molar-refractivity contribution in [1.29, 1.82) is 0 Å². The monoisotopic (exact) mass is 614 g/mol. The van der Waals surface area contributed by atoms with Crippen molar-refractivity contribution in [3.63, 3.8) is 0 Å². The Hall–Kier alpha value is -6.04. The predicted molar refractivity (Wildman–Crippen MR) is 198 cm³/mol. The fourth-order valence-corrected chi connectivity index (χ4v) is 9.52. The molecule has 0 radical (unpaired) electrons. The molecule has 4 aromatic heterocycles. The third-order valence-corrected chi connectivity index (χ3v) is 11.3. The van der Waals surface area contributed by atoms with Gasteiger partial charge in [-0.05, 0) is 70.4 Å². The highest BCUT2D eigenvalue weighted by atomic mass is 32.1. The average Bonchev–Trinajstić information content (AvgIpc) is 3.75. The van der Waals surface area contributed by atoms with E-state index in [1.807, 2.05) is 23.5 Å². The Kier molecular flexibility index (Phi) is 4.33. The van der Waals surface area contributed by atoms with Gasteiger partial charge in [0, 0.05) is 41.7 Å². The molecular formula is C42H22N4S. The molecule has 11 aromatic rings. The normalized spacial score (nSPS) is 12.7. The lowest BCUT2D eigenvalue weighted by Gasteiger charge is -2.16. The first-order valence-electron chi connectivity index (χ1n) is 15.9. The molecule has 4 nitrogen and oxygen atoms in total. The molecule has 0 N–H and O–H groups in total. The summed E-state index contributed by atoms with van der Waals surface area (Å²) in [5.41, 5.74) is 8.89. The fourth-order valence-electron chi connectivity index (χ4n) is 8.38. The second-order valence-electron chi connectivity index (χ2n) is 12.5. The van der Waals surface area contributed by atoms with Crippen LogP contribution in [0.4, 0.5) is 0 Å². The van der Waals surface area contributed by atoms with E-state index in [0.717, 1.165) is 44.7 Å². The molecule has 0 atom stereocenters. The van der Waals surface area contributed by atoms with Crippen LogP contribution in [0.1, 0.15) is 0 Å². The molecule has 0 fully saturated rings. The Morgan fingerprint density at radius 1 is 0.383 bits per heavy atom. The van der Waals surface area contributed by atoms with Gasteiger partial charge in [0.05, 0.1) is 33.1 Å². The van der Waals surface area contributed by atoms with Crippen molar-refractivity contribution < 1.29 is 0 Å². The van der Waals surface area contributed by atoms with Crippen molar-refractivity contribution in [2.75, 3.05) is 0 Å². The zero-order chi connectivity index (χ0) is 30.4. The Bertz CT molecular complexity index is 3140. The molecule has 4 heterocycles. The third kappa shape index (κ3) is 2.90. The minimum atomic E-state index is 0.821. The molecule has 47 heavy (non-hydrogen) atoms. The van der Waals surface area contributed by atoms with Gasteiger partial charge in [0.1, 0.15) is 0 Å². The molecule has 0 aliphatic heterocycles. The topological polar surface area (TPSA) is 35.6 Å². The lowest BCUT2D eigenvalue weighted by atomic mass is 9.95. The van der Waals surface area contributed by atoms with Gasteiger partial charge in [-0.1, -0.05) is 84.9 Å².